The molecule has 3 rings (SSSR count). The molecule has 1 aliphatic carbocycles. The van der Waals surface area contributed by atoms with Gasteiger partial charge in [0.25, 0.3) is 0 Å². The zero-order chi connectivity index (χ0) is 11.0. The highest BCUT2D eigenvalue weighted by molar-refractivity contribution is 5.79. The number of nitrogens with one attached hydrogen (secondary N) is 1. The Balaban J connectivity index is 2.26. The van der Waals surface area contributed by atoms with Crippen molar-refractivity contribution in [2.75, 3.05) is 0 Å². The quantitative estimate of drug-likeness (QED) is 0.778. The van der Waals surface area contributed by atoms with E-state index in [0.29, 0.717) is 0 Å². The highest BCUT2D eigenvalue weighted by Gasteiger charge is 2.12. The third-order valence-corrected chi connectivity index (χ3v) is 3.14. The van der Waals surface area contributed by atoms with Crippen molar-refractivity contribution < 1.29 is 0 Å². The number of para-hydroxylation sites is 2. The fourth-order valence-electron chi connectivity index (χ4n) is 2.36. The molecule has 0 atom stereocenters. The lowest BCUT2D eigenvalue weighted by molar-refractivity contribution is 0.716. The lowest BCUT2D eigenvalue weighted by Crippen LogP contribution is -2.16. The van der Waals surface area contributed by atoms with Crippen LogP contribution in [0.1, 0.15) is 25.7 Å². The molecule has 0 aliphatic heterocycles. The second kappa shape index (κ2) is 3.67. The first-order chi connectivity index (χ1) is 7.86. The van der Waals surface area contributed by atoms with E-state index in [1.54, 1.807) is 0 Å². The summed E-state index contributed by atoms with van der Waals surface area (Å²) in [4.78, 5) is 14.8. The average molecular weight is 214 g/mol. The summed E-state index contributed by atoms with van der Waals surface area (Å²) in [6.07, 6.45) is 6.69. The first-order valence-electron chi connectivity index (χ1n) is 5.75. The molecular weight excluding hydrogens is 200 g/mol. The lowest BCUT2D eigenvalue weighted by atomic mass is 10.0. The van der Waals surface area contributed by atoms with E-state index in [0.717, 1.165) is 29.6 Å². The van der Waals surface area contributed by atoms with Gasteiger partial charge in [0.15, 0.2) is 0 Å². The number of benzene rings is 1. The van der Waals surface area contributed by atoms with Crippen LogP contribution in [0.5, 0.6) is 0 Å². The monoisotopic (exact) mass is 214 g/mol. The summed E-state index contributed by atoms with van der Waals surface area (Å²) in [5, 5.41) is 0. The zero-order valence-electron chi connectivity index (χ0n) is 9.07. The van der Waals surface area contributed by atoms with Crippen LogP contribution in [0.3, 0.4) is 0 Å². The number of fused-ring (bicyclic) bond motifs is 1. The maximum absolute atomic E-state index is 11.9. The molecule has 1 heterocycles. The molecule has 1 aliphatic rings. The number of allylic oxidation sites excluding steroid dienone is 2. The number of aromatic amines is 1. The molecule has 0 saturated carbocycles. The van der Waals surface area contributed by atoms with Crippen LogP contribution >= 0.6 is 0 Å². The molecular formula is C13H14N2O. The topological polar surface area (TPSA) is 37.8 Å². The Hall–Kier alpha value is -1.77. The number of hydrogen-bond acceptors (Lipinski definition) is 1. The Morgan fingerprint density at radius 3 is 2.88 bits per heavy atom. The van der Waals surface area contributed by atoms with E-state index >= 15 is 0 Å². The Morgan fingerprint density at radius 1 is 1.19 bits per heavy atom. The van der Waals surface area contributed by atoms with Crippen LogP contribution in [0.2, 0.25) is 0 Å². The Bertz CT molecular complexity index is 604. The molecule has 1 aromatic carbocycles. The van der Waals surface area contributed by atoms with Crippen molar-refractivity contribution >= 4 is 16.7 Å². The molecule has 16 heavy (non-hydrogen) atoms. The summed E-state index contributed by atoms with van der Waals surface area (Å²) >= 11 is 0. The molecule has 0 unspecified atom stereocenters. The van der Waals surface area contributed by atoms with Gasteiger partial charge in [0.2, 0.25) is 0 Å². The van der Waals surface area contributed by atoms with E-state index in [1.807, 2.05) is 28.8 Å². The first kappa shape index (κ1) is 9.46. The van der Waals surface area contributed by atoms with Crippen LogP contribution in [-0.2, 0) is 0 Å². The highest BCUT2D eigenvalue weighted by Crippen LogP contribution is 2.23. The molecule has 0 amide bonds. The van der Waals surface area contributed by atoms with Crippen molar-refractivity contribution in [3.63, 3.8) is 0 Å². The lowest BCUT2D eigenvalue weighted by Gasteiger charge is -2.13. The van der Waals surface area contributed by atoms with Crippen LogP contribution in [-0.4, -0.2) is 9.55 Å². The maximum atomic E-state index is 11.9. The molecule has 3 heteroatoms. The third kappa shape index (κ3) is 1.40. The minimum absolute atomic E-state index is 0.0191. The number of nitrogens with zero attached hydrogens (tertiary/aromatic N) is 1. The Morgan fingerprint density at radius 2 is 2.06 bits per heavy atom. The van der Waals surface area contributed by atoms with Crippen LogP contribution in [0, 0.1) is 0 Å². The standard InChI is InChI=1S/C13H14N2O/c16-13-14-11-8-4-5-9-12(11)15(13)10-6-2-1-3-7-10/h4-6,8-9H,1-3,7H2,(H,14,16). The van der Waals surface area contributed by atoms with Gasteiger partial charge in [0.1, 0.15) is 0 Å². The molecule has 1 aromatic heterocycles. The number of hydrogen-bond donors (Lipinski definition) is 1. The number of aromatic nitrogens is 2. The van der Waals surface area contributed by atoms with Crippen LogP contribution in [0.4, 0.5) is 0 Å². The van der Waals surface area contributed by atoms with Gasteiger partial charge in [-0.1, -0.05) is 18.2 Å². The summed E-state index contributed by atoms with van der Waals surface area (Å²) in [5.74, 6) is 0. The largest absolute Gasteiger partial charge is 0.330 e. The van der Waals surface area contributed by atoms with Gasteiger partial charge in [0, 0.05) is 5.70 Å². The van der Waals surface area contributed by atoms with Crippen molar-refractivity contribution in [1.82, 2.24) is 9.55 Å². The highest BCUT2D eigenvalue weighted by atomic mass is 16.1. The summed E-state index contributed by atoms with van der Waals surface area (Å²) in [5.41, 5.74) is 3.03. The number of H-pyrrole nitrogens is 1. The Labute approximate surface area is 93.4 Å². The van der Waals surface area contributed by atoms with Crippen LogP contribution < -0.4 is 5.69 Å². The van der Waals surface area contributed by atoms with Gasteiger partial charge in [0.05, 0.1) is 11.0 Å². The summed E-state index contributed by atoms with van der Waals surface area (Å²) in [7, 11) is 0. The number of rotatable bonds is 1. The maximum Gasteiger partial charge on any atom is 0.330 e. The minimum atomic E-state index is -0.0191. The zero-order valence-corrected chi connectivity index (χ0v) is 9.07. The fourth-order valence-corrected chi connectivity index (χ4v) is 2.36. The van der Waals surface area contributed by atoms with Gasteiger partial charge in [-0.3, -0.25) is 4.57 Å². The molecule has 0 saturated heterocycles. The van der Waals surface area contributed by atoms with Gasteiger partial charge in [-0.15, -0.1) is 0 Å². The third-order valence-electron chi connectivity index (χ3n) is 3.14. The van der Waals surface area contributed by atoms with E-state index in [9.17, 15) is 4.79 Å². The van der Waals surface area contributed by atoms with Crippen molar-refractivity contribution in [3.8, 4) is 0 Å². The summed E-state index contributed by atoms with van der Waals surface area (Å²) < 4.78 is 1.81. The minimum Gasteiger partial charge on any atom is -0.305 e. The van der Waals surface area contributed by atoms with E-state index in [1.165, 1.54) is 12.8 Å². The predicted octanol–water partition coefficient (Wildman–Crippen LogP) is 2.74. The van der Waals surface area contributed by atoms with Crippen molar-refractivity contribution in [2.24, 2.45) is 0 Å². The number of imidazole rings is 1. The van der Waals surface area contributed by atoms with E-state index < -0.39 is 0 Å². The van der Waals surface area contributed by atoms with E-state index in [-0.39, 0.29) is 5.69 Å². The normalized spacial score (nSPS) is 16.4. The summed E-state index contributed by atoms with van der Waals surface area (Å²) in [6, 6.07) is 7.84. The van der Waals surface area contributed by atoms with E-state index in [4.69, 9.17) is 0 Å². The second-order valence-corrected chi connectivity index (χ2v) is 4.22. The molecule has 1 N–H and O–H groups in total. The fraction of sp³-hybridized carbons (Fsp3) is 0.308. The van der Waals surface area contributed by atoms with Gasteiger partial charge in [-0.05, 0) is 37.8 Å². The molecule has 0 fully saturated rings. The van der Waals surface area contributed by atoms with Crippen molar-refractivity contribution in [2.45, 2.75) is 25.7 Å². The van der Waals surface area contributed by atoms with Crippen molar-refractivity contribution in [3.05, 3.63) is 40.8 Å². The van der Waals surface area contributed by atoms with Gasteiger partial charge in [-0.25, -0.2) is 4.79 Å². The molecule has 0 radical (unpaired) electrons. The SMILES string of the molecule is O=c1[nH]c2ccccc2n1C1=CCCCC1. The smallest absolute Gasteiger partial charge is 0.305 e. The molecule has 2 aromatic rings. The molecule has 3 nitrogen and oxygen atoms in total. The van der Waals surface area contributed by atoms with Gasteiger partial charge >= 0.3 is 5.69 Å². The van der Waals surface area contributed by atoms with Crippen LogP contribution in [0.15, 0.2) is 35.1 Å². The summed E-state index contributed by atoms with van der Waals surface area (Å²) in [6.45, 7) is 0. The van der Waals surface area contributed by atoms with Crippen LogP contribution in [0.25, 0.3) is 16.7 Å². The Kier molecular flexibility index (Phi) is 2.17. The van der Waals surface area contributed by atoms with Gasteiger partial charge in [-0.2, -0.15) is 0 Å². The molecule has 82 valence electrons. The average Bonchev–Trinajstić information content (AvgIpc) is 2.66. The van der Waals surface area contributed by atoms with Crippen molar-refractivity contribution in [1.29, 1.82) is 0 Å². The molecule has 0 spiro atoms. The second-order valence-electron chi connectivity index (χ2n) is 4.22. The van der Waals surface area contributed by atoms with E-state index in [2.05, 4.69) is 11.1 Å². The first-order valence-corrected chi connectivity index (χ1v) is 5.75. The predicted molar refractivity (Wildman–Crippen MR) is 65.3 cm³/mol. The molecule has 0 bridgehead atoms. The van der Waals surface area contributed by atoms with Gasteiger partial charge < -0.3 is 4.98 Å².